The summed E-state index contributed by atoms with van der Waals surface area (Å²) in [7, 11) is -5.55. The predicted octanol–water partition coefficient (Wildman–Crippen LogP) is 6.45. The van der Waals surface area contributed by atoms with E-state index in [-0.39, 0.29) is 24.6 Å². The Labute approximate surface area is 284 Å². The lowest BCUT2D eigenvalue weighted by molar-refractivity contribution is -0.240. The van der Waals surface area contributed by atoms with Crippen LogP contribution in [0.5, 0.6) is 5.75 Å². The summed E-state index contributed by atoms with van der Waals surface area (Å²) in [5, 5.41) is 0. The topological polar surface area (TPSA) is 119 Å². The van der Waals surface area contributed by atoms with Crippen molar-refractivity contribution in [3.8, 4) is 5.75 Å². The molecule has 9 nitrogen and oxygen atoms in total. The van der Waals surface area contributed by atoms with Gasteiger partial charge in [-0.25, -0.2) is 13.2 Å². The summed E-state index contributed by atoms with van der Waals surface area (Å²) in [6.07, 6.45) is 1.82. The number of fused-ring (bicyclic) bond motifs is 2. The summed E-state index contributed by atoms with van der Waals surface area (Å²) in [5.41, 5.74) is 5.19. The minimum atomic E-state index is -5.79. The molecule has 1 amide bonds. The number of hydrogen-bond acceptors (Lipinski definition) is 7. The Hall–Kier alpha value is -2.82. The molecule has 0 radical (unpaired) electrons. The fraction of sp³-hybridized carbons (Fsp3) is 0.562. The van der Waals surface area contributed by atoms with Crippen molar-refractivity contribution in [1.29, 1.82) is 0 Å². The van der Waals surface area contributed by atoms with E-state index in [2.05, 4.69) is 20.8 Å². The number of sulfonamides is 1. The standard InChI is InChI=1S/C32H37BrF5N3O6S/c33-22-8-6-21(7-9-22)31(34,35)28(29(42)40-24-10-11-25(40)19-23(39)18-24)41(47-30(43)32(36,37)38)48(44,45)27-14-12-26(13-15-27)46-17-16-20-4-2-1-3-5-20/h6-9,12-15,20,23-25,28H,1-5,10-11,16-19,39H2/t23?,24?,25?,28-/m1/s1. The molecule has 2 N–H and O–H groups in total. The van der Waals surface area contributed by atoms with Crippen LogP contribution in [0.3, 0.4) is 0 Å². The van der Waals surface area contributed by atoms with E-state index >= 15 is 8.78 Å². The van der Waals surface area contributed by atoms with E-state index in [0.717, 1.165) is 61.3 Å². The Morgan fingerprint density at radius 2 is 1.50 bits per heavy atom. The van der Waals surface area contributed by atoms with Crippen LogP contribution < -0.4 is 10.5 Å². The number of hydroxylamine groups is 1. The number of halogens is 6. The second-order valence-electron chi connectivity index (χ2n) is 12.6. The van der Waals surface area contributed by atoms with E-state index in [1.807, 2.05) is 0 Å². The molecule has 0 spiro atoms. The SMILES string of the molecule is NC1CC2CCC(C1)N2C(=O)[C@@H](N(OC(=O)C(F)(F)F)S(=O)(=O)c1ccc(OCCC2CCCCC2)cc1)C(F)(F)c1ccc(Br)cc1. The van der Waals surface area contributed by atoms with Gasteiger partial charge in [-0.1, -0.05) is 60.2 Å². The van der Waals surface area contributed by atoms with Crippen molar-refractivity contribution in [2.45, 2.75) is 105 Å². The molecule has 16 heteroatoms. The minimum Gasteiger partial charge on any atom is -0.494 e. The molecule has 264 valence electrons. The van der Waals surface area contributed by atoms with E-state index in [0.29, 0.717) is 29.8 Å². The fourth-order valence-electron chi connectivity index (χ4n) is 6.93. The number of nitrogens with two attached hydrogens (primary N) is 1. The van der Waals surface area contributed by atoms with Gasteiger partial charge in [0.05, 0.1) is 11.5 Å². The maximum atomic E-state index is 16.6. The highest BCUT2D eigenvalue weighted by atomic mass is 79.9. The molecular formula is C32H37BrF5N3O6S. The first kappa shape index (κ1) is 36.5. The average molecular weight is 767 g/mol. The Morgan fingerprint density at radius 1 is 0.917 bits per heavy atom. The van der Waals surface area contributed by atoms with Crippen molar-refractivity contribution in [2.75, 3.05) is 6.61 Å². The first-order valence-corrected chi connectivity index (χ1v) is 18.1. The predicted molar refractivity (Wildman–Crippen MR) is 167 cm³/mol. The van der Waals surface area contributed by atoms with Crippen LogP contribution in [-0.2, 0) is 30.4 Å². The lowest BCUT2D eigenvalue weighted by Crippen LogP contribution is -2.62. The van der Waals surface area contributed by atoms with Gasteiger partial charge in [0, 0.05) is 28.2 Å². The largest absolute Gasteiger partial charge is 0.494 e. The van der Waals surface area contributed by atoms with Gasteiger partial charge in [-0.2, -0.15) is 22.0 Å². The molecule has 2 aromatic rings. The third kappa shape index (κ3) is 7.97. The summed E-state index contributed by atoms with van der Waals surface area (Å²) < 4.78 is 107. The van der Waals surface area contributed by atoms with Gasteiger partial charge in [-0.3, -0.25) is 4.79 Å². The molecule has 2 saturated heterocycles. The van der Waals surface area contributed by atoms with Crippen LogP contribution in [0.4, 0.5) is 22.0 Å². The third-order valence-corrected chi connectivity index (χ3v) is 11.5. The Balaban J connectivity index is 1.52. The number of piperidine rings is 1. The van der Waals surface area contributed by atoms with Crippen molar-refractivity contribution in [3.05, 3.63) is 58.6 Å². The number of carbonyl (C=O) groups excluding carboxylic acids is 2. The first-order valence-electron chi connectivity index (χ1n) is 15.9. The van der Waals surface area contributed by atoms with Crippen LogP contribution in [0.15, 0.2) is 57.9 Å². The quantitative estimate of drug-likeness (QED) is 0.206. The molecule has 2 aromatic carbocycles. The zero-order valence-corrected chi connectivity index (χ0v) is 28.3. The van der Waals surface area contributed by atoms with E-state index in [4.69, 9.17) is 10.5 Å². The maximum absolute atomic E-state index is 16.6. The Kier molecular flexibility index (Phi) is 11.1. The second kappa shape index (κ2) is 14.6. The van der Waals surface area contributed by atoms with E-state index < -0.39 is 67.1 Å². The number of carbonyl (C=O) groups is 2. The van der Waals surface area contributed by atoms with Crippen LogP contribution in [0, 0.1) is 5.92 Å². The van der Waals surface area contributed by atoms with Gasteiger partial charge in [-0.05, 0) is 78.9 Å². The van der Waals surface area contributed by atoms with Crippen molar-refractivity contribution in [1.82, 2.24) is 9.37 Å². The monoisotopic (exact) mass is 765 g/mol. The zero-order valence-electron chi connectivity index (χ0n) is 25.9. The van der Waals surface area contributed by atoms with Crippen molar-refractivity contribution >= 4 is 37.8 Å². The Bertz CT molecular complexity index is 1540. The second-order valence-corrected chi connectivity index (χ2v) is 15.3. The molecule has 3 aliphatic rings. The summed E-state index contributed by atoms with van der Waals surface area (Å²) in [4.78, 5) is 31.0. The van der Waals surface area contributed by atoms with Gasteiger partial charge in [0.2, 0.25) is 6.04 Å². The van der Waals surface area contributed by atoms with Crippen molar-refractivity contribution in [3.63, 3.8) is 0 Å². The molecule has 3 atom stereocenters. The summed E-state index contributed by atoms with van der Waals surface area (Å²) >= 11 is 3.11. The van der Waals surface area contributed by atoms with Crippen molar-refractivity contribution in [2.24, 2.45) is 11.7 Å². The molecule has 2 aliphatic heterocycles. The van der Waals surface area contributed by atoms with Crippen LogP contribution >= 0.6 is 15.9 Å². The van der Waals surface area contributed by atoms with Gasteiger partial charge in [-0.15, -0.1) is 0 Å². The maximum Gasteiger partial charge on any atom is 0.492 e. The number of amides is 1. The summed E-state index contributed by atoms with van der Waals surface area (Å²) in [5.74, 6) is -8.36. The summed E-state index contributed by atoms with van der Waals surface area (Å²) in [6.45, 7) is 0.337. The molecule has 48 heavy (non-hydrogen) atoms. The third-order valence-electron chi connectivity index (χ3n) is 9.32. The smallest absolute Gasteiger partial charge is 0.492 e. The van der Waals surface area contributed by atoms with Crippen LogP contribution in [0.2, 0.25) is 0 Å². The molecule has 2 bridgehead atoms. The number of hydrogen-bond donors (Lipinski definition) is 1. The fourth-order valence-corrected chi connectivity index (χ4v) is 8.55. The van der Waals surface area contributed by atoms with Crippen LogP contribution in [-0.4, -0.2) is 66.6 Å². The van der Waals surface area contributed by atoms with E-state index in [9.17, 15) is 31.2 Å². The van der Waals surface area contributed by atoms with Gasteiger partial charge < -0.3 is 20.2 Å². The van der Waals surface area contributed by atoms with Gasteiger partial charge >= 0.3 is 18.1 Å². The molecule has 1 saturated carbocycles. The average Bonchev–Trinajstić information content (AvgIpc) is 3.31. The number of nitrogens with zero attached hydrogens (tertiary/aromatic N) is 2. The highest BCUT2D eigenvalue weighted by Crippen LogP contribution is 2.43. The molecule has 3 fully saturated rings. The van der Waals surface area contributed by atoms with E-state index in [1.165, 1.54) is 30.7 Å². The highest BCUT2D eigenvalue weighted by molar-refractivity contribution is 9.10. The Morgan fingerprint density at radius 3 is 2.06 bits per heavy atom. The number of rotatable bonds is 11. The lowest BCUT2D eigenvalue weighted by Gasteiger charge is -2.42. The molecule has 5 rings (SSSR count). The minimum absolute atomic E-state index is 0.218. The molecule has 2 unspecified atom stereocenters. The normalized spacial score (nSPS) is 22.8. The molecular weight excluding hydrogens is 729 g/mol. The molecule has 0 aromatic heterocycles. The van der Waals surface area contributed by atoms with Gasteiger partial charge in [0.25, 0.3) is 15.9 Å². The van der Waals surface area contributed by atoms with Gasteiger partial charge in [0.1, 0.15) is 5.75 Å². The van der Waals surface area contributed by atoms with Crippen molar-refractivity contribution < 1.29 is 49.5 Å². The highest BCUT2D eigenvalue weighted by Gasteiger charge is 2.60. The zero-order chi connectivity index (χ0) is 34.9. The van der Waals surface area contributed by atoms with E-state index in [1.54, 1.807) is 0 Å². The number of benzene rings is 2. The lowest BCUT2D eigenvalue weighted by atomic mass is 9.87. The first-order chi connectivity index (χ1) is 22.6. The van der Waals surface area contributed by atoms with Crippen LogP contribution in [0.1, 0.15) is 69.8 Å². The van der Waals surface area contributed by atoms with Gasteiger partial charge in [0.15, 0.2) is 0 Å². The number of ether oxygens (including phenoxy) is 1. The van der Waals surface area contributed by atoms with Crippen LogP contribution in [0.25, 0.3) is 0 Å². The molecule has 1 aliphatic carbocycles. The number of alkyl halides is 5. The molecule has 2 heterocycles. The summed E-state index contributed by atoms with van der Waals surface area (Å²) in [6, 6.07) is 3.55.